The Morgan fingerprint density at radius 1 is 1.09 bits per heavy atom. The van der Waals surface area contributed by atoms with Crippen molar-refractivity contribution >= 4 is 23.7 Å². The minimum absolute atomic E-state index is 0.301. The molecule has 0 spiro atoms. The lowest BCUT2D eigenvalue weighted by Crippen LogP contribution is -2.45. The average molecular weight is 308 g/mol. The molecule has 0 fully saturated rings. The first-order valence-corrected chi connectivity index (χ1v) is 7.21. The van der Waals surface area contributed by atoms with Crippen LogP contribution >= 0.6 is 0 Å². The summed E-state index contributed by atoms with van der Waals surface area (Å²) >= 11 is 0. The highest BCUT2D eigenvalue weighted by molar-refractivity contribution is 6.29. The molecule has 1 atom stereocenters. The van der Waals surface area contributed by atoms with Gasteiger partial charge in [-0.15, -0.1) is 0 Å². The van der Waals surface area contributed by atoms with E-state index >= 15 is 0 Å². The number of hydrogen-bond acceptors (Lipinski definition) is 4. The molecule has 0 saturated heterocycles. The predicted molar refractivity (Wildman–Crippen MR) is 88.4 cm³/mol. The summed E-state index contributed by atoms with van der Waals surface area (Å²) in [7, 11) is 3.18. The van der Waals surface area contributed by atoms with Crippen LogP contribution in [0.25, 0.3) is 0 Å². The van der Waals surface area contributed by atoms with Crippen LogP contribution in [0.1, 0.15) is 21.8 Å². The first-order chi connectivity index (χ1) is 11.2. The van der Waals surface area contributed by atoms with Gasteiger partial charge in [-0.25, -0.2) is 4.90 Å². The Kier molecular flexibility index (Phi) is 3.93. The van der Waals surface area contributed by atoms with Gasteiger partial charge in [-0.05, 0) is 35.9 Å². The summed E-state index contributed by atoms with van der Waals surface area (Å²) in [5.74, 6) is -0.519. The number of ether oxygens (including phenoxy) is 1. The average Bonchev–Trinajstić information content (AvgIpc) is 2.59. The predicted octanol–water partition coefficient (Wildman–Crippen LogP) is 2.67. The third-order valence-corrected chi connectivity index (χ3v) is 3.84. The highest BCUT2D eigenvalue weighted by Gasteiger charge is 2.38. The number of benzene rings is 2. The molecule has 2 aromatic rings. The SMILES string of the molecule is CN=CC1C(=O)N(c2ccc(OC)cc2)C(=O)c2ccccc21. The van der Waals surface area contributed by atoms with E-state index in [1.165, 1.54) is 4.90 Å². The van der Waals surface area contributed by atoms with E-state index in [0.717, 1.165) is 0 Å². The first-order valence-electron chi connectivity index (χ1n) is 7.21. The normalized spacial score (nSPS) is 17.5. The van der Waals surface area contributed by atoms with Crippen molar-refractivity contribution in [2.75, 3.05) is 19.1 Å². The number of rotatable bonds is 3. The van der Waals surface area contributed by atoms with Gasteiger partial charge in [-0.1, -0.05) is 18.2 Å². The molecular weight excluding hydrogens is 292 g/mol. The van der Waals surface area contributed by atoms with Gasteiger partial charge in [0.05, 0.1) is 18.7 Å². The van der Waals surface area contributed by atoms with Crippen LogP contribution < -0.4 is 9.64 Å². The molecule has 0 aliphatic carbocycles. The lowest BCUT2D eigenvalue weighted by molar-refractivity contribution is -0.118. The quantitative estimate of drug-likeness (QED) is 0.647. The highest BCUT2D eigenvalue weighted by Crippen LogP contribution is 2.32. The standard InChI is InChI=1S/C18H16N2O3/c1-19-11-16-14-5-3-4-6-15(14)17(21)20(18(16)22)12-7-9-13(23-2)10-8-12/h3-11,16H,1-2H3. The van der Waals surface area contributed by atoms with Gasteiger partial charge in [0.2, 0.25) is 5.91 Å². The van der Waals surface area contributed by atoms with Gasteiger partial charge in [-0.2, -0.15) is 0 Å². The number of imide groups is 1. The first kappa shape index (κ1) is 15.0. The Labute approximate surface area is 134 Å². The molecule has 1 heterocycles. The molecule has 0 bridgehead atoms. The van der Waals surface area contributed by atoms with Gasteiger partial charge in [0.1, 0.15) is 5.75 Å². The van der Waals surface area contributed by atoms with E-state index < -0.39 is 5.92 Å². The topological polar surface area (TPSA) is 59.0 Å². The van der Waals surface area contributed by atoms with Crippen LogP contribution in [0.5, 0.6) is 5.75 Å². The van der Waals surface area contributed by atoms with Crippen molar-refractivity contribution in [1.82, 2.24) is 0 Å². The van der Waals surface area contributed by atoms with Gasteiger partial charge >= 0.3 is 0 Å². The Bertz CT molecular complexity index is 781. The lowest BCUT2D eigenvalue weighted by atomic mass is 9.89. The number of hydrogen-bond donors (Lipinski definition) is 0. The monoisotopic (exact) mass is 308 g/mol. The maximum Gasteiger partial charge on any atom is 0.265 e. The Balaban J connectivity index is 2.11. The molecule has 5 nitrogen and oxygen atoms in total. The minimum Gasteiger partial charge on any atom is -0.497 e. The van der Waals surface area contributed by atoms with Crippen LogP contribution in [0.15, 0.2) is 53.5 Å². The molecule has 2 amide bonds. The number of aliphatic imine (C=N–C) groups is 1. The molecule has 1 aliphatic heterocycles. The fourth-order valence-electron chi connectivity index (χ4n) is 2.72. The number of carbonyl (C=O) groups excluding carboxylic acids is 2. The van der Waals surface area contributed by atoms with Crippen molar-refractivity contribution in [3.8, 4) is 5.75 Å². The van der Waals surface area contributed by atoms with Crippen LogP contribution in [-0.4, -0.2) is 32.2 Å². The maximum atomic E-state index is 12.8. The fourth-order valence-corrected chi connectivity index (χ4v) is 2.72. The number of carbonyl (C=O) groups is 2. The molecule has 0 radical (unpaired) electrons. The Morgan fingerprint density at radius 3 is 2.43 bits per heavy atom. The second kappa shape index (κ2) is 6.04. The highest BCUT2D eigenvalue weighted by atomic mass is 16.5. The molecule has 5 heteroatoms. The van der Waals surface area contributed by atoms with E-state index in [2.05, 4.69) is 4.99 Å². The summed E-state index contributed by atoms with van der Waals surface area (Å²) in [6.07, 6.45) is 1.57. The molecule has 2 aromatic carbocycles. The number of amides is 2. The maximum absolute atomic E-state index is 12.8. The van der Waals surface area contributed by atoms with Crippen molar-refractivity contribution in [3.05, 3.63) is 59.7 Å². The Hall–Kier alpha value is -2.95. The van der Waals surface area contributed by atoms with Crippen LogP contribution in [0.4, 0.5) is 5.69 Å². The zero-order chi connectivity index (χ0) is 16.4. The summed E-state index contributed by atoms with van der Waals surface area (Å²) in [4.78, 5) is 30.8. The van der Waals surface area contributed by atoms with Crippen LogP contribution in [0.2, 0.25) is 0 Å². The minimum atomic E-state index is -0.559. The third-order valence-electron chi connectivity index (χ3n) is 3.84. The molecule has 1 unspecified atom stereocenters. The largest absolute Gasteiger partial charge is 0.497 e. The van der Waals surface area contributed by atoms with Crippen molar-refractivity contribution in [2.24, 2.45) is 4.99 Å². The Morgan fingerprint density at radius 2 is 1.78 bits per heavy atom. The van der Waals surface area contributed by atoms with Gasteiger partial charge in [0.15, 0.2) is 0 Å². The van der Waals surface area contributed by atoms with Gasteiger partial charge in [0, 0.05) is 18.8 Å². The van der Waals surface area contributed by atoms with E-state index in [-0.39, 0.29) is 11.8 Å². The van der Waals surface area contributed by atoms with Crippen molar-refractivity contribution in [1.29, 1.82) is 0 Å². The molecule has 23 heavy (non-hydrogen) atoms. The van der Waals surface area contributed by atoms with Crippen molar-refractivity contribution in [2.45, 2.75) is 5.92 Å². The molecular formula is C18H16N2O3. The molecule has 0 saturated carbocycles. The third kappa shape index (κ3) is 2.50. The summed E-state index contributed by atoms with van der Waals surface area (Å²) in [6.45, 7) is 0. The zero-order valence-corrected chi connectivity index (χ0v) is 12.9. The molecule has 1 aliphatic rings. The van der Waals surface area contributed by atoms with Gasteiger partial charge in [-0.3, -0.25) is 14.6 Å². The lowest BCUT2D eigenvalue weighted by Gasteiger charge is -2.30. The second-order valence-corrected chi connectivity index (χ2v) is 5.15. The summed E-state index contributed by atoms with van der Waals surface area (Å²) in [5, 5.41) is 0. The van der Waals surface area contributed by atoms with E-state index in [4.69, 9.17) is 4.74 Å². The summed E-state index contributed by atoms with van der Waals surface area (Å²) in [6, 6.07) is 14.0. The van der Waals surface area contributed by atoms with Crippen molar-refractivity contribution < 1.29 is 14.3 Å². The van der Waals surface area contributed by atoms with Gasteiger partial charge in [0.25, 0.3) is 5.91 Å². The van der Waals surface area contributed by atoms with Crippen LogP contribution in [0, 0.1) is 0 Å². The summed E-state index contributed by atoms with van der Waals surface area (Å²) in [5.41, 5.74) is 1.73. The number of fused-ring (bicyclic) bond motifs is 1. The molecule has 116 valence electrons. The van der Waals surface area contributed by atoms with Crippen LogP contribution in [0.3, 0.4) is 0 Å². The number of methoxy groups -OCH3 is 1. The number of nitrogens with zero attached hydrogens (tertiary/aromatic N) is 2. The number of anilines is 1. The smallest absolute Gasteiger partial charge is 0.265 e. The van der Waals surface area contributed by atoms with E-state index in [9.17, 15) is 9.59 Å². The molecule has 0 aromatic heterocycles. The van der Waals surface area contributed by atoms with E-state index in [1.807, 2.05) is 6.07 Å². The van der Waals surface area contributed by atoms with E-state index in [0.29, 0.717) is 22.6 Å². The second-order valence-electron chi connectivity index (χ2n) is 5.15. The van der Waals surface area contributed by atoms with Crippen molar-refractivity contribution in [3.63, 3.8) is 0 Å². The molecule has 0 N–H and O–H groups in total. The zero-order valence-electron chi connectivity index (χ0n) is 12.9. The van der Waals surface area contributed by atoms with E-state index in [1.54, 1.807) is 62.8 Å². The fraction of sp³-hybridized carbons (Fsp3) is 0.167. The summed E-state index contributed by atoms with van der Waals surface area (Å²) < 4.78 is 5.12. The van der Waals surface area contributed by atoms with Crippen LogP contribution in [-0.2, 0) is 4.79 Å². The van der Waals surface area contributed by atoms with Gasteiger partial charge < -0.3 is 4.74 Å². The molecule has 3 rings (SSSR count).